The fraction of sp³-hybridized carbons (Fsp3) is 1.00. The molecule has 6 nitrogen and oxygen atoms in total. The first-order valence-electron chi connectivity index (χ1n) is 6.69. The molecule has 0 aromatic heterocycles. The van der Waals surface area contributed by atoms with Crippen LogP contribution >= 0.6 is 0 Å². The van der Waals surface area contributed by atoms with Gasteiger partial charge in [0.25, 0.3) is 0 Å². The summed E-state index contributed by atoms with van der Waals surface area (Å²) in [6.07, 6.45) is 5.57. The number of nitrogens with two attached hydrogens (primary N) is 4. The molecule has 0 amide bonds. The second-order valence-electron chi connectivity index (χ2n) is 4.42. The molecule has 8 N–H and O–H groups in total. The van der Waals surface area contributed by atoms with Crippen molar-refractivity contribution in [3.63, 3.8) is 0 Å². The molecule has 0 aromatic carbocycles. The minimum absolute atomic E-state index is 0. The quantitative estimate of drug-likeness (QED) is 0.259. The van der Waals surface area contributed by atoms with Crippen LogP contribution in [0, 0.1) is 0 Å². The van der Waals surface area contributed by atoms with E-state index in [2.05, 4.69) is 0 Å². The molecule has 0 aromatic rings. The van der Waals surface area contributed by atoms with Crippen LogP contribution in [0.4, 0.5) is 0 Å². The Morgan fingerprint density at radius 3 is 1.21 bits per heavy atom. The molecule has 0 radical (unpaired) electrons. The largest absolute Gasteiger partial charge is 2.00 e. The van der Waals surface area contributed by atoms with E-state index in [4.69, 9.17) is 22.9 Å². The Balaban J connectivity index is -0.000000256. The summed E-state index contributed by atoms with van der Waals surface area (Å²) in [5.41, 5.74) is 21.2. The van der Waals surface area contributed by atoms with Crippen molar-refractivity contribution < 1.29 is 29.7 Å². The summed E-state index contributed by atoms with van der Waals surface area (Å²) < 4.78 is 0. The Hall–Kier alpha value is 0.383. The average Bonchev–Trinajstić information content (AvgIpc) is 2.39. The first-order chi connectivity index (χ1) is 8.62. The van der Waals surface area contributed by atoms with Gasteiger partial charge >= 0.3 is 19.5 Å². The second-order valence-corrected chi connectivity index (χ2v) is 4.42. The predicted octanol–water partition coefficient (Wildman–Crippen LogP) is -2.40. The van der Waals surface area contributed by atoms with Crippen molar-refractivity contribution in [2.75, 3.05) is 26.3 Å². The molecule has 0 fully saturated rings. The van der Waals surface area contributed by atoms with Crippen LogP contribution in [0.5, 0.6) is 0 Å². The van der Waals surface area contributed by atoms with Gasteiger partial charge in [-0.1, -0.05) is 12.8 Å². The third kappa shape index (κ3) is 23.9. The van der Waals surface area contributed by atoms with E-state index in [0.29, 0.717) is 13.1 Å². The van der Waals surface area contributed by atoms with Crippen LogP contribution in [0.1, 0.15) is 38.5 Å². The molecule has 112 valence electrons. The summed E-state index contributed by atoms with van der Waals surface area (Å²) in [7, 11) is 0. The Kier molecular flexibility index (Phi) is 26.6. The molecule has 0 saturated heterocycles. The molecule has 2 atom stereocenters. The van der Waals surface area contributed by atoms with E-state index in [1.54, 1.807) is 0 Å². The topological polar surface area (TPSA) is 150 Å². The van der Waals surface area contributed by atoms with Crippen LogP contribution in [0.3, 0.4) is 0 Å². The van der Waals surface area contributed by atoms with Crippen molar-refractivity contribution in [2.24, 2.45) is 22.9 Å². The zero-order chi connectivity index (χ0) is 14.2. The van der Waals surface area contributed by atoms with E-state index in [0.717, 1.165) is 38.5 Å². The Morgan fingerprint density at radius 1 is 0.684 bits per heavy atom. The SMILES string of the molecule is NCCCC[C@H](N)C[O-].NCCCC[C@H](N)C[O-].[Zn+2]. The second kappa shape index (κ2) is 20.7. The molecular formula is C12H30N4O2Zn. The van der Waals surface area contributed by atoms with E-state index in [9.17, 15) is 10.2 Å². The molecule has 7 heteroatoms. The molecule has 19 heavy (non-hydrogen) atoms. The van der Waals surface area contributed by atoms with Gasteiger partial charge in [0, 0.05) is 0 Å². The number of unbranched alkanes of at least 4 members (excludes halogenated alkanes) is 2. The van der Waals surface area contributed by atoms with Crippen molar-refractivity contribution in [1.29, 1.82) is 0 Å². The summed E-state index contributed by atoms with van der Waals surface area (Å²) in [4.78, 5) is 0. The zero-order valence-corrected chi connectivity index (χ0v) is 15.0. The van der Waals surface area contributed by atoms with E-state index >= 15 is 0 Å². The fourth-order valence-electron chi connectivity index (χ4n) is 1.27. The smallest absolute Gasteiger partial charge is 0.853 e. The molecule has 0 aliphatic carbocycles. The molecule has 0 aliphatic heterocycles. The molecule has 0 saturated carbocycles. The van der Waals surface area contributed by atoms with E-state index < -0.39 is 0 Å². The molecule has 0 bridgehead atoms. The minimum Gasteiger partial charge on any atom is -0.853 e. The van der Waals surface area contributed by atoms with Crippen molar-refractivity contribution in [3.05, 3.63) is 0 Å². The maximum absolute atomic E-state index is 10.1. The van der Waals surface area contributed by atoms with Gasteiger partial charge in [-0.3, -0.25) is 0 Å². The van der Waals surface area contributed by atoms with E-state index in [-0.39, 0.29) is 44.8 Å². The van der Waals surface area contributed by atoms with Crippen molar-refractivity contribution >= 4 is 0 Å². The van der Waals surface area contributed by atoms with Gasteiger partial charge < -0.3 is 33.1 Å². The number of rotatable bonds is 10. The first kappa shape index (κ1) is 24.4. The predicted molar refractivity (Wildman–Crippen MR) is 71.5 cm³/mol. The van der Waals surface area contributed by atoms with Gasteiger partial charge in [-0.05, 0) is 50.9 Å². The maximum atomic E-state index is 10.1. The van der Waals surface area contributed by atoms with Crippen LogP contribution in [0.25, 0.3) is 0 Å². The van der Waals surface area contributed by atoms with Gasteiger partial charge in [0.1, 0.15) is 0 Å². The van der Waals surface area contributed by atoms with Crippen molar-refractivity contribution in [2.45, 2.75) is 50.6 Å². The summed E-state index contributed by atoms with van der Waals surface area (Å²) >= 11 is 0. The Bertz CT molecular complexity index is 140. The third-order valence-corrected chi connectivity index (χ3v) is 2.49. The van der Waals surface area contributed by atoms with Gasteiger partial charge in [0.05, 0.1) is 0 Å². The molecule has 0 heterocycles. The summed E-state index contributed by atoms with van der Waals surface area (Å²) in [6.45, 7) is 1.08. The normalized spacial score (nSPS) is 12.9. The van der Waals surface area contributed by atoms with Crippen LogP contribution in [-0.2, 0) is 19.5 Å². The van der Waals surface area contributed by atoms with Crippen LogP contribution in [-0.4, -0.2) is 38.4 Å². The van der Waals surface area contributed by atoms with Crippen LogP contribution < -0.4 is 33.1 Å². The van der Waals surface area contributed by atoms with Crippen molar-refractivity contribution in [3.8, 4) is 0 Å². The minimum atomic E-state index is -0.162. The monoisotopic (exact) mass is 326 g/mol. The first-order valence-corrected chi connectivity index (χ1v) is 6.69. The van der Waals surface area contributed by atoms with Gasteiger partial charge in [0.2, 0.25) is 0 Å². The summed E-state index contributed by atoms with van der Waals surface area (Å²) in [5, 5.41) is 20.1. The standard InChI is InChI=1S/2C6H15N2O.Zn/c2*7-4-2-1-3-6(8)5-9;/h2*6H,1-5,7-8H2;/q2*-1;+2/t2*6-;/m00./s1. The summed E-state index contributed by atoms with van der Waals surface area (Å²) in [5.74, 6) is 0. The third-order valence-electron chi connectivity index (χ3n) is 2.49. The van der Waals surface area contributed by atoms with Gasteiger partial charge in [0.15, 0.2) is 0 Å². The summed E-state index contributed by atoms with van der Waals surface area (Å²) in [6, 6.07) is -0.312. The van der Waals surface area contributed by atoms with Gasteiger partial charge in [-0.2, -0.15) is 0 Å². The zero-order valence-electron chi connectivity index (χ0n) is 12.1. The van der Waals surface area contributed by atoms with Gasteiger partial charge in [-0.15, -0.1) is 13.2 Å². The number of hydrogen-bond acceptors (Lipinski definition) is 6. The van der Waals surface area contributed by atoms with E-state index in [1.807, 2.05) is 0 Å². The molecule has 0 unspecified atom stereocenters. The van der Waals surface area contributed by atoms with Crippen LogP contribution in [0.2, 0.25) is 0 Å². The Labute approximate surface area is 130 Å². The molecule has 0 aliphatic rings. The van der Waals surface area contributed by atoms with E-state index in [1.165, 1.54) is 0 Å². The van der Waals surface area contributed by atoms with Crippen LogP contribution in [0.15, 0.2) is 0 Å². The molecule has 0 rings (SSSR count). The van der Waals surface area contributed by atoms with Gasteiger partial charge in [-0.25, -0.2) is 0 Å². The fourth-order valence-corrected chi connectivity index (χ4v) is 1.27. The maximum Gasteiger partial charge on any atom is 2.00 e. The molecular weight excluding hydrogens is 298 g/mol. The number of hydrogen-bond donors (Lipinski definition) is 4. The molecule has 0 spiro atoms. The Morgan fingerprint density at radius 2 is 1.00 bits per heavy atom. The average molecular weight is 328 g/mol. The van der Waals surface area contributed by atoms with Crippen molar-refractivity contribution in [1.82, 2.24) is 0 Å².